The number of amides is 7. The Labute approximate surface area is 336 Å². The van der Waals surface area contributed by atoms with E-state index >= 15 is 0 Å². The molecule has 7 N–H and O–H groups in total. The quantitative estimate of drug-likeness (QED) is 0.0477. The van der Waals surface area contributed by atoms with E-state index in [1.807, 2.05) is 13.8 Å². The van der Waals surface area contributed by atoms with Gasteiger partial charge in [0.2, 0.25) is 35.6 Å². The monoisotopic (exact) mass is 813 g/mol. The number of hydrogen-bond acceptors (Lipinski definition) is 12. The fraction of sp³-hybridized carbons (Fsp3) is 0.763. The van der Waals surface area contributed by atoms with Crippen LogP contribution in [0.25, 0.3) is 0 Å². The molecule has 0 aliphatic heterocycles. The summed E-state index contributed by atoms with van der Waals surface area (Å²) in [5, 5.41) is 17.4. The van der Waals surface area contributed by atoms with E-state index in [9.17, 15) is 43.2 Å². The third-order valence-electron chi connectivity index (χ3n) is 8.21. The average Bonchev–Trinajstić information content (AvgIpc) is 3.08. The van der Waals surface area contributed by atoms with Crippen LogP contribution in [0.2, 0.25) is 0 Å². The predicted octanol–water partition coefficient (Wildman–Crippen LogP) is 0.579. The predicted molar refractivity (Wildman–Crippen MR) is 209 cm³/mol. The molecule has 0 radical (unpaired) electrons. The highest BCUT2D eigenvalue weighted by Crippen LogP contribution is 2.11. The van der Waals surface area contributed by atoms with E-state index in [2.05, 4.69) is 37.2 Å². The first-order chi connectivity index (χ1) is 26.1. The molecule has 326 valence electrons. The van der Waals surface area contributed by atoms with Crippen LogP contribution in [0, 0.1) is 23.7 Å². The zero-order valence-corrected chi connectivity index (χ0v) is 36.2. The van der Waals surface area contributed by atoms with Crippen molar-refractivity contribution < 1.29 is 57.4 Å². The minimum absolute atomic E-state index is 0.0372. The maximum absolute atomic E-state index is 13.6. The molecule has 0 aliphatic carbocycles. The zero-order chi connectivity index (χ0) is 44.5. The Bertz CT molecular complexity index is 1430. The zero-order valence-electron chi connectivity index (χ0n) is 36.2. The fourth-order valence-electron chi connectivity index (χ4n) is 5.19. The van der Waals surface area contributed by atoms with E-state index in [1.165, 1.54) is 21.0 Å². The molecular formula is C38H67N7O12. The van der Waals surface area contributed by atoms with Crippen LogP contribution in [0.5, 0.6) is 0 Å². The van der Waals surface area contributed by atoms with Crippen LogP contribution in [-0.2, 0) is 52.6 Å². The molecule has 19 heteroatoms. The largest absolute Gasteiger partial charge is 0.467 e. The summed E-state index contributed by atoms with van der Waals surface area (Å²) >= 11 is 0. The highest BCUT2D eigenvalue weighted by molar-refractivity contribution is 6.07. The summed E-state index contributed by atoms with van der Waals surface area (Å²) in [6, 6.07) is -8.94. The van der Waals surface area contributed by atoms with Crippen molar-refractivity contribution in [2.45, 2.75) is 151 Å². The third-order valence-corrected chi connectivity index (χ3v) is 8.21. The number of carbonyl (C=O) groups is 9. The first-order valence-electron chi connectivity index (χ1n) is 19.1. The summed E-state index contributed by atoms with van der Waals surface area (Å²) in [6.45, 7) is 21.6. The molecule has 57 heavy (non-hydrogen) atoms. The number of hydrogen-bond donors (Lipinski definition) is 7. The molecule has 19 nitrogen and oxygen atoms in total. The molecule has 7 amide bonds. The number of ether oxygens (including phenoxy) is 3. The second kappa shape index (κ2) is 23.9. The van der Waals surface area contributed by atoms with Gasteiger partial charge < -0.3 is 51.4 Å². The average molecular weight is 814 g/mol. The minimum Gasteiger partial charge on any atom is -0.467 e. The Hall–Kier alpha value is -4.97. The summed E-state index contributed by atoms with van der Waals surface area (Å²) in [4.78, 5) is 117. The van der Waals surface area contributed by atoms with Gasteiger partial charge in [-0.15, -0.1) is 0 Å². The summed E-state index contributed by atoms with van der Waals surface area (Å²) < 4.78 is 14.8. The van der Waals surface area contributed by atoms with E-state index in [-0.39, 0.29) is 24.7 Å². The van der Waals surface area contributed by atoms with Crippen LogP contribution in [0.1, 0.15) is 103 Å². The van der Waals surface area contributed by atoms with Crippen LogP contribution in [-0.4, -0.2) is 116 Å². The van der Waals surface area contributed by atoms with Crippen LogP contribution in [0.3, 0.4) is 0 Å². The molecule has 0 fully saturated rings. The van der Waals surface area contributed by atoms with Gasteiger partial charge in [0.15, 0.2) is 0 Å². The fourth-order valence-corrected chi connectivity index (χ4v) is 5.19. The van der Waals surface area contributed by atoms with Gasteiger partial charge in [0.25, 0.3) is 5.91 Å². The number of esters is 2. The van der Waals surface area contributed by atoms with Crippen molar-refractivity contribution in [3.63, 3.8) is 0 Å². The number of carbonyl (C=O) groups excluding carboxylic acids is 9. The summed E-state index contributed by atoms with van der Waals surface area (Å²) in [6.07, 6.45) is -0.487. The van der Waals surface area contributed by atoms with Crippen molar-refractivity contribution in [3.8, 4) is 0 Å². The Morgan fingerprint density at radius 3 is 1.25 bits per heavy atom. The Balaban J connectivity index is 5.98. The number of rotatable bonds is 21. The van der Waals surface area contributed by atoms with Crippen molar-refractivity contribution >= 4 is 53.5 Å². The lowest BCUT2D eigenvalue weighted by Crippen LogP contribution is -2.62. The molecule has 0 aromatic heterocycles. The van der Waals surface area contributed by atoms with E-state index in [0.29, 0.717) is 0 Å². The van der Waals surface area contributed by atoms with E-state index in [0.717, 1.165) is 7.11 Å². The molecule has 1 unspecified atom stereocenters. The number of nitrogens with one attached hydrogen (secondary N) is 7. The van der Waals surface area contributed by atoms with Gasteiger partial charge in [-0.25, -0.2) is 14.4 Å². The van der Waals surface area contributed by atoms with Gasteiger partial charge in [-0.3, -0.25) is 28.8 Å². The van der Waals surface area contributed by atoms with E-state index in [1.54, 1.807) is 62.3 Å². The van der Waals surface area contributed by atoms with Gasteiger partial charge >= 0.3 is 18.0 Å². The van der Waals surface area contributed by atoms with Gasteiger partial charge in [-0.05, 0) is 71.1 Å². The summed E-state index contributed by atoms with van der Waals surface area (Å²) in [5.41, 5.74) is -0.816. The normalized spacial score (nSPS) is 15.1. The molecular weight excluding hydrogens is 746 g/mol. The second-order valence-corrected chi connectivity index (χ2v) is 16.4. The molecule has 0 bridgehead atoms. The Morgan fingerprint density at radius 1 is 0.456 bits per heavy atom. The highest BCUT2D eigenvalue weighted by Gasteiger charge is 2.37. The van der Waals surface area contributed by atoms with Crippen molar-refractivity contribution in [2.75, 3.05) is 14.2 Å². The minimum atomic E-state index is -1.97. The molecule has 0 spiro atoms. The molecule has 7 atom stereocenters. The van der Waals surface area contributed by atoms with Gasteiger partial charge in [0.1, 0.15) is 41.9 Å². The van der Waals surface area contributed by atoms with Crippen molar-refractivity contribution in [1.29, 1.82) is 0 Å². The molecule has 0 aliphatic rings. The molecule has 0 saturated heterocycles. The third kappa shape index (κ3) is 19.2. The highest BCUT2D eigenvalue weighted by atomic mass is 16.6. The van der Waals surface area contributed by atoms with E-state index in [4.69, 9.17) is 14.2 Å². The van der Waals surface area contributed by atoms with Gasteiger partial charge in [-0.1, -0.05) is 55.4 Å². The Morgan fingerprint density at radius 2 is 0.860 bits per heavy atom. The topological polar surface area (TPSA) is 266 Å². The van der Waals surface area contributed by atoms with Crippen LogP contribution in [0.4, 0.5) is 4.79 Å². The van der Waals surface area contributed by atoms with Crippen molar-refractivity contribution in [2.24, 2.45) is 23.7 Å². The summed E-state index contributed by atoms with van der Waals surface area (Å²) in [7, 11) is 2.18. The first kappa shape index (κ1) is 52.0. The maximum Gasteiger partial charge on any atom is 0.408 e. The van der Waals surface area contributed by atoms with Crippen LogP contribution < -0.4 is 37.2 Å². The SMILES string of the molecule is COC(=O)C(NC(=O)[C@H](CC(C)C)NC(=O)[C@H](C)NC(=O)[C@@H](NC(=O)OC(C)(C)C)C(C)C)C(=O)N[C@H](C(=O)N[C@@H](C)C(=O)N[C@@H](CC(C)C)C(=O)OC)C(C)C. The molecule has 0 aromatic carbocycles. The molecule has 0 rings (SSSR count). The van der Waals surface area contributed by atoms with Crippen LogP contribution >= 0.6 is 0 Å². The van der Waals surface area contributed by atoms with Gasteiger partial charge in [0.05, 0.1) is 14.2 Å². The maximum atomic E-state index is 13.6. The first-order valence-corrected chi connectivity index (χ1v) is 19.1. The lowest BCUT2D eigenvalue weighted by molar-refractivity contribution is -0.150. The van der Waals surface area contributed by atoms with Crippen molar-refractivity contribution in [3.05, 3.63) is 0 Å². The van der Waals surface area contributed by atoms with Crippen molar-refractivity contribution in [1.82, 2.24) is 37.2 Å². The lowest BCUT2D eigenvalue weighted by Gasteiger charge is -2.28. The van der Waals surface area contributed by atoms with Gasteiger partial charge in [-0.2, -0.15) is 0 Å². The second-order valence-electron chi connectivity index (χ2n) is 16.4. The molecule has 0 aromatic rings. The van der Waals surface area contributed by atoms with Gasteiger partial charge in [0, 0.05) is 0 Å². The smallest absolute Gasteiger partial charge is 0.408 e. The standard InChI is InChI=1S/C38H67N7O12/c1-18(2)16-24(41-29(46)22(9)40-33(50)27(21(7)8)45-37(54)57-38(11,12)13)31(48)44-28(36(53)56-15)34(51)43-26(20(5)6)32(49)39-23(10)30(47)42-25(17-19(3)4)35(52)55-14/h18-28H,16-17H2,1-15H3,(H,39,49)(H,40,50)(H,41,46)(H,42,47)(H,43,51)(H,44,48)(H,45,54)/t22-,23-,24-,25-,26-,27-,28?/m0/s1. The molecule has 0 saturated carbocycles. The Kier molecular flexibility index (Phi) is 21.9. The van der Waals surface area contributed by atoms with E-state index < -0.39 is 113 Å². The molecule has 0 heterocycles. The number of methoxy groups -OCH3 is 2. The van der Waals surface area contributed by atoms with Crippen LogP contribution in [0.15, 0.2) is 0 Å². The summed E-state index contributed by atoms with van der Waals surface area (Å²) in [5.74, 6) is -7.94. The number of alkyl carbamates (subject to hydrolysis) is 1. The lowest BCUT2D eigenvalue weighted by atomic mass is 10.0.